The van der Waals surface area contributed by atoms with Crippen LogP contribution in [0.3, 0.4) is 0 Å². The molecule has 0 unspecified atom stereocenters. The van der Waals surface area contributed by atoms with Crippen LogP contribution in [0.5, 0.6) is 0 Å². The fourth-order valence-corrected chi connectivity index (χ4v) is 8.41. The fourth-order valence-electron chi connectivity index (χ4n) is 5.33. The van der Waals surface area contributed by atoms with Gasteiger partial charge in [-0.3, -0.25) is 14.2 Å². The number of thiophene rings is 2. The van der Waals surface area contributed by atoms with E-state index in [-0.39, 0.29) is 11.5 Å². The molecule has 1 aromatic carbocycles. The molecule has 1 amide bonds. The molecule has 0 saturated carbocycles. The first kappa shape index (κ1) is 27.8. The molecule has 4 aromatic heterocycles. The van der Waals surface area contributed by atoms with Gasteiger partial charge in [0.25, 0.3) is 11.5 Å². The number of para-hydroxylation sites is 1. The van der Waals surface area contributed by atoms with Crippen LogP contribution in [0.15, 0.2) is 75.0 Å². The van der Waals surface area contributed by atoms with Gasteiger partial charge in [-0.2, -0.15) is 5.26 Å². The number of nitriles is 1. The van der Waals surface area contributed by atoms with Gasteiger partial charge in [0.2, 0.25) is 0 Å². The fraction of sp³-hybridized carbons (Fsp3) is 0.188. The first-order valence-electron chi connectivity index (χ1n) is 13.3. The minimum atomic E-state index is -0.588. The smallest absolute Gasteiger partial charge is 0.271 e. The van der Waals surface area contributed by atoms with Crippen LogP contribution in [0.25, 0.3) is 11.1 Å². The second-order valence-corrected chi connectivity index (χ2v) is 13.3. The monoisotopic (exact) mass is 609 g/mol. The molecule has 0 radical (unpaired) electrons. The van der Waals surface area contributed by atoms with Crippen LogP contribution in [0.4, 0.5) is 5.69 Å². The zero-order valence-electron chi connectivity index (χ0n) is 23.7. The number of benzene rings is 1. The molecule has 210 valence electrons. The predicted molar refractivity (Wildman–Crippen MR) is 170 cm³/mol. The van der Waals surface area contributed by atoms with Crippen molar-refractivity contribution in [1.29, 1.82) is 5.26 Å². The number of anilines is 1. The molecule has 5 aromatic rings. The molecule has 6 rings (SSSR count). The highest BCUT2D eigenvalue weighted by Gasteiger charge is 2.33. The molecule has 0 bridgehead atoms. The standard InChI is InChI=1S/C32H27N5O2S3/c1-17-14-22(20(4)36(17)31-24(16-33)18(2)21(5)41-31)15-26-30(39)37-28(25-12-9-13-40-25)27(19(3)34-32(37)42-26)29(38)35-23-10-7-6-8-11-23/h6-15,28H,1-5H3,(H,35,38)/b26-15+/t28-/m0/s1. The van der Waals surface area contributed by atoms with Crippen molar-refractivity contribution < 1.29 is 4.79 Å². The number of rotatable bonds is 5. The third kappa shape index (κ3) is 4.60. The van der Waals surface area contributed by atoms with Gasteiger partial charge in [0.15, 0.2) is 4.80 Å². The highest BCUT2D eigenvalue weighted by Crippen LogP contribution is 2.35. The Balaban J connectivity index is 1.48. The van der Waals surface area contributed by atoms with Gasteiger partial charge < -0.3 is 9.88 Å². The van der Waals surface area contributed by atoms with E-state index in [4.69, 9.17) is 4.99 Å². The Morgan fingerprint density at radius 3 is 2.52 bits per heavy atom. The van der Waals surface area contributed by atoms with Crippen LogP contribution in [0, 0.1) is 39.0 Å². The summed E-state index contributed by atoms with van der Waals surface area (Å²) in [5, 5.41) is 15.7. The topological polar surface area (TPSA) is 92.2 Å². The highest BCUT2D eigenvalue weighted by molar-refractivity contribution is 7.15. The lowest BCUT2D eigenvalue weighted by atomic mass is 10.0. The van der Waals surface area contributed by atoms with Crippen LogP contribution in [0.2, 0.25) is 0 Å². The molecule has 0 aliphatic carbocycles. The van der Waals surface area contributed by atoms with E-state index in [1.165, 1.54) is 22.7 Å². The summed E-state index contributed by atoms with van der Waals surface area (Å²) in [6.45, 7) is 9.84. The van der Waals surface area contributed by atoms with Crippen molar-refractivity contribution in [2.45, 2.75) is 40.7 Å². The Bertz CT molecular complexity index is 2120. The SMILES string of the molecule is CC1=C(C(=O)Nc2ccccc2)[C@H](c2cccs2)n2c(s/c(=C/c3cc(C)n(-c4sc(C)c(C)c4C#N)c3C)c2=O)=N1. The largest absolute Gasteiger partial charge is 0.322 e. The van der Waals surface area contributed by atoms with Crippen molar-refractivity contribution in [1.82, 2.24) is 9.13 Å². The van der Waals surface area contributed by atoms with Gasteiger partial charge in [-0.1, -0.05) is 35.6 Å². The number of fused-ring (bicyclic) bond motifs is 1. The lowest BCUT2D eigenvalue weighted by Crippen LogP contribution is -2.40. The molecule has 0 spiro atoms. The van der Waals surface area contributed by atoms with E-state index in [0.29, 0.717) is 31.9 Å². The number of amides is 1. The third-order valence-electron chi connectivity index (χ3n) is 7.55. The summed E-state index contributed by atoms with van der Waals surface area (Å²) < 4.78 is 4.28. The van der Waals surface area contributed by atoms with E-state index < -0.39 is 6.04 Å². The van der Waals surface area contributed by atoms with Crippen molar-refractivity contribution in [2.24, 2.45) is 4.99 Å². The number of carbonyl (C=O) groups excluding carboxylic acids is 1. The van der Waals surface area contributed by atoms with E-state index in [0.717, 1.165) is 37.3 Å². The molecule has 1 N–H and O–H groups in total. The minimum absolute atomic E-state index is 0.194. The van der Waals surface area contributed by atoms with E-state index in [1.807, 2.05) is 94.6 Å². The molecule has 1 aliphatic heterocycles. The number of nitrogens with one attached hydrogen (secondary N) is 1. The van der Waals surface area contributed by atoms with Gasteiger partial charge in [0.05, 0.1) is 21.4 Å². The lowest BCUT2D eigenvalue weighted by Gasteiger charge is -2.24. The van der Waals surface area contributed by atoms with Gasteiger partial charge in [0.1, 0.15) is 17.1 Å². The lowest BCUT2D eigenvalue weighted by molar-refractivity contribution is -0.113. The molecule has 1 aliphatic rings. The Morgan fingerprint density at radius 1 is 1.07 bits per heavy atom. The van der Waals surface area contributed by atoms with Gasteiger partial charge in [-0.05, 0) is 81.5 Å². The number of hydrogen-bond acceptors (Lipinski definition) is 7. The van der Waals surface area contributed by atoms with Gasteiger partial charge in [0, 0.05) is 26.8 Å². The van der Waals surface area contributed by atoms with Crippen molar-refractivity contribution in [2.75, 3.05) is 5.32 Å². The number of aryl methyl sites for hydroxylation is 2. The number of thiazole rings is 1. The molecule has 1 atom stereocenters. The van der Waals surface area contributed by atoms with Gasteiger partial charge in [-0.25, -0.2) is 4.99 Å². The molecular weight excluding hydrogens is 583 g/mol. The Labute approximate surface area is 254 Å². The zero-order valence-corrected chi connectivity index (χ0v) is 26.1. The summed E-state index contributed by atoms with van der Waals surface area (Å²) in [6.07, 6.45) is 1.90. The van der Waals surface area contributed by atoms with E-state index in [1.54, 1.807) is 15.9 Å². The van der Waals surface area contributed by atoms with Crippen LogP contribution in [-0.2, 0) is 4.79 Å². The minimum Gasteiger partial charge on any atom is -0.322 e. The first-order valence-corrected chi connectivity index (χ1v) is 15.8. The van der Waals surface area contributed by atoms with E-state index in [2.05, 4.69) is 16.0 Å². The number of nitrogens with zero attached hydrogens (tertiary/aromatic N) is 4. The van der Waals surface area contributed by atoms with Crippen molar-refractivity contribution in [3.63, 3.8) is 0 Å². The zero-order chi connectivity index (χ0) is 29.7. The second kappa shape index (κ2) is 10.8. The summed E-state index contributed by atoms with van der Waals surface area (Å²) in [5.74, 6) is -0.284. The Kier molecular flexibility index (Phi) is 7.19. The molecule has 0 saturated heterocycles. The molecule has 10 heteroatoms. The average Bonchev–Trinajstić information content (AvgIpc) is 3.72. The molecule has 42 heavy (non-hydrogen) atoms. The third-order valence-corrected chi connectivity index (χ3v) is 10.6. The van der Waals surface area contributed by atoms with Crippen LogP contribution < -0.4 is 20.2 Å². The summed E-state index contributed by atoms with van der Waals surface area (Å²) >= 11 is 4.43. The summed E-state index contributed by atoms with van der Waals surface area (Å²) in [4.78, 5) is 35.0. The molecule has 0 fully saturated rings. The number of carbonyl (C=O) groups is 1. The molecular formula is C32H27N5O2S3. The summed E-state index contributed by atoms with van der Waals surface area (Å²) in [5.41, 5.74) is 6.02. The van der Waals surface area contributed by atoms with Crippen LogP contribution in [0.1, 0.15) is 50.8 Å². The second-order valence-electron chi connectivity index (χ2n) is 10.2. The Hall–Kier alpha value is -4.30. The first-order chi connectivity index (χ1) is 20.2. The number of allylic oxidation sites excluding steroid dienone is 1. The van der Waals surface area contributed by atoms with Crippen molar-refractivity contribution in [3.8, 4) is 11.1 Å². The van der Waals surface area contributed by atoms with E-state index in [9.17, 15) is 14.9 Å². The maximum Gasteiger partial charge on any atom is 0.271 e. The quantitative estimate of drug-likeness (QED) is 0.269. The summed E-state index contributed by atoms with van der Waals surface area (Å²) in [7, 11) is 0. The normalized spacial score (nSPS) is 15.0. The summed E-state index contributed by atoms with van der Waals surface area (Å²) in [6, 6.07) is 17.0. The maximum atomic E-state index is 14.1. The molecule has 5 heterocycles. The van der Waals surface area contributed by atoms with Crippen molar-refractivity contribution in [3.05, 3.63) is 123 Å². The predicted octanol–water partition coefficient (Wildman–Crippen LogP) is 5.89. The van der Waals surface area contributed by atoms with E-state index >= 15 is 0 Å². The van der Waals surface area contributed by atoms with Crippen molar-refractivity contribution >= 4 is 51.7 Å². The van der Waals surface area contributed by atoms with Crippen LogP contribution in [-0.4, -0.2) is 15.0 Å². The highest BCUT2D eigenvalue weighted by atomic mass is 32.1. The van der Waals surface area contributed by atoms with Gasteiger partial charge in [-0.15, -0.1) is 22.7 Å². The van der Waals surface area contributed by atoms with Gasteiger partial charge >= 0.3 is 0 Å². The molecule has 7 nitrogen and oxygen atoms in total. The number of aromatic nitrogens is 2. The van der Waals surface area contributed by atoms with Crippen LogP contribution >= 0.6 is 34.0 Å². The Morgan fingerprint density at radius 2 is 1.83 bits per heavy atom. The number of hydrogen-bond donors (Lipinski definition) is 1. The average molecular weight is 610 g/mol. The maximum absolute atomic E-state index is 14.1.